The van der Waals surface area contributed by atoms with E-state index >= 15 is 0 Å². The SMILES string of the molecule is CO[C@H]1C[C@@H]2CC[C@@H](C)[C@@](O)(O2)C(=O)C(=O)N2CCCCC2C(=O)O[C@H]([C@H](C)CC2CC[C@@H](O)[C@H](OC)C2)CC(=O)[C@H](C)/C=C(\C)[C@@H](OC(=O)O[C@@H]2O[C@H](CO)[C@@H](O)[C@H](O)[C@H]2O)[C@@H](OC)C(=O)[C@H](C)C[C@H](C)/C=C/C=C/C=C/1C. The summed E-state index contributed by atoms with van der Waals surface area (Å²) >= 11 is 0. The number of esters is 1. The summed E-state index contributed by atoms with van der Waals surface area (Å²) in [7, 11) is 4.31. The van der Waals surface area contributed by atoms with Gasteiger partial charge in [-0.25, -0.2) is 9.59 Å². The zero-order valence-electron chi connectivity index (χ0n) is 47.7. The average Bonchev–Trinajstić information content (AvgIpc) is 3.46. The number of aliphatic hydroxyl groups is 6. The van der Waals surface area contributed by atoms with Gasteiger partial charge >= 0.3 is 12.1 Å². The second kappa shape index (κ2) is 30.2. The molecule has 2 bridgehead atoms. The first-order valence-corrected chi connectivity index (χ1v) is 28.1. The summed E-state index contributed by atoms with van der Waals surface area (Å²) in [4.78, 5) is 87.2. The Bertz CT molecular complexity index is 2190. The number of rotatable bonds is 9. The smallest absolute Gasteiger partial charge is 0.460 e. The highest BCUT2D eigenvalue weighted by Crippen LogP contribution is 2.38. The first-order chi connectivity index (χ1) is 37.4. The third-order valence-corrected chi connectivity index (χ3v) is 16.7. The van der Waals surface area contributed by atoms with Gasteiger partial charge in [0, 0.05) is 58.5 Å². The molecule has 21 heteroatoms. The van der Waals surface area contributed by atoms with E-state index in [2.05, 4.69) is 0 Å². The van der Waals surface area contributed by atoms with E-state index in [0.717, 1.165) is 10.5 Å². The highest BCUT2D eigenvalue weighted by Gasteiger charge is 2.53. The van der Waals surface area contributed by atoms with Crippen LogP contribution in [0.25, 0.3) is 0 Å². The topological polar surface area (TPSA) is 301 Å². The summed E-state index contributed by atoms with van der Waals surface area (Å²) < 4.78 is 46.1. The molecule has 5 aliphatic rings. The van der Waals surface area contributed by atoms with E-state index in [-0.39, 0.29) is 43.2 Å². The Hall–Kier alpha value is -4.26. The number of cyclic esters (lactones) is 1. The second-order valence-corrected chi connectivity index (χ2v) is 22.7. The monoisotopic (exact) mass is 1120 g/mol. The number of fused-ring (bicyclic) bond motifs is 3. The van der Waals surface area contributed by atoms with Gasteiger partial charge in [0.25, 0.3) is 11.7 Å². The number of nitrogens with zero attached hydrogens (tertiary/aromatic N) is 1. The molecule has 1 amide bonds. The lowest BCUT2D eigenvalue weighted by atomic mass is 9.78. The maximum absolute atomic E-state index is 14.6. The van der Waals surface area contributed by atoms with E-state index in [4.69, 9.17) is 37.9 Å². The Balaban J connectivity index is 1.54. The average molecular weight is 1120 g/mol. The molecule has 0 aromatic heterocycles. The molecule has 6 N–H and O–H groups in total. The Morgan fingerprint density at radius 3 is 2.20 bits per heavy atom. The van der Waals surface area contributed by atoms with Crippen molar-refractivity contribution >= 4 is 35.4 Å². The number of carbonyl (C=O) groups is 6. The number of ketones is 3. The third-order valence-electron chi connectivity index (χ3n) is 16.7. The van der Waals surface area contributed by atoms with E-state index < -0.39 is 151 Å². The van der Waals surface area contributed by atoms with Crippen molar-refractivity contribution in [3.05, 3.63) is 47.6 Å². The molecule has 0 aromatic carbocycles. The van der Waals surface area contributed by atoms with Gasteiger partial charge in [-0.15, -0.1) is 0 Å². The Morgan fingerprint density at radius 1 is 0.810 bits per heavy atom. The van der Waals surface area contributed by atoms with Gasteiger partial charge in [-0.1, -0.05) is 71.1 Å². The molecule has 3 saturated heterocycles. The van der Waals surface area contributed by atoms with Crippen molar-refractivity contribution in [1.82, 2.24) is 4.90 Å². The molecule has 21 nitrogen and oxygen atoms in total. The molecular weight excluding hydrogens is 1030 g/mol. The van der Waals surface area contributed by atoms with Gasteiger partial charge in [0.2, 0.25) is 12.1 Å². The van der Waals surface area contributed by atoms with Crippen LogP contribution in [0.5, 0.6) is 0 Å². The number of ether oxygens (including phenoxy) is 8. The van der Waals surface area contributed by atoms with Crippen molar-refractivity contribution in [2.24, 2.45) is 35.5 Å². The van der Waals surface area contributed by atoms with Gasteiger partial charge in [-0.05, 0) is 107 Å². The van der Waals surface area contributed by atoms with Crippen molar-refractivity contribution in [3.8, 4) is 0 Å². The number of hydrogen-bond donors (Lipinski definition) is 6. The zero-order valence-corrected chi connectivity index (χ0v) is 47.7. The first kappa shape index (κ1) is 65.5. The standard InChI is InChI=1S/C58H89NO20/c1-31-16-12-11-13-17-32(2)43(72-8)28-39-21-19-37(7)58(71,79-39)53(67)54(68)59-23-15-14-18-40(59)55(69)75-44(34(4)26-38-20-22-41(61)45(27-38)73-9)29-42(62)33(3)25-36(6)51(52(74-10)47(63)35(5)24-31)77-57(70)78-56-50(66)49(65)48(64)46(30-60)76-56/h11-13,16-17,25,31,33-35,37-41,43-46,48-52,56,60-61,64-66,71H,14-15,18-24,26-30H2,1-10H3/b13-11+,16-12+,32-17+,36-25+/t31-,33-,34-,35-,37-,38?,39+,40?,41-,43+,44+,45-,46-,48-,49+,50-,51-,52+,56+,58-/m1/s1. The van der Waals surface area contributed by atoms with Crippen molar-refractivity contribution in [1.29, 1.82) is 0 Å². The largest absolute Gasteiger partial charge is 0.511 e. The third kappa shape index (κ3) is 16.9. The number of piperidine rings is 1. The van der Waals surface area contributed by atoms with Gasteiger partial charge in [-0.2, -0.15) is 0 Å². The highest BCUT2D eigenvalue weighted by molar-refractivity contribution is 6.39. The van der Waals surface area contributed by atoms with Crippen molar-refractivity contribution < 1.29 is 97.3 Å². The molecule has 5 rings (SSSR count). The van der Waals surface area contributed by atoms with Crippen LogP contribution in [0.3, 0.4) is 0 Å². The van der Waals surface area contributed by atoms with Gasteiger partial charge in [0.05, 0.1) is 31.0 Å². The quantitative estimate of drug-likeness (QED) is 0.107. The molecule has 446 valence electrons. The predicted octanol–water partition coefficient (Wildman–Crippen LogP) is 4.14. The molecule has 1 saturated carbocycles. The van der Waals surface area contributed by atoms with E-state index in [1.807, 2.05) is 51.2 Å². The van der Waals surface area contributed by atoms with Crippen molar-refractivity contribution in [2.75, 3.05) is 34.5 Å². The Morgan fingerprint density at radius 2 is 1.53 bits per heavy atom. The van der Waals surface area contributed by atoms with Crippen LogP contribution in [0, 0.1) is 35.5 Å². The fourth-order valence-electron chi connectivity index (χ4n) is 11.6. The minimum absolute atomic E-state index is 0.0141. The number of allylic oxidation sites excluding steroid dienone is 6. The minimum atomic E-state index is -2.50. The summed E-state index contributed by atoms with van der Waals surface area (Å²) in [5, 5.41) is 63.7. The normalized spacial score (nSPS) is 41.1. The number of amides is 1. The van der Waals surface area contributed by atoms with Gasteiger partial charge in [0.15, 0.2) is 18.0 Å². The van der Waals surface area contributed by atoms with Crippen LogP contribution in [0.1, 0.15) is 126 Å². The van der Waals surface area contributed by atoms with Crippen LogP contribution in [-0.2, 0) is 61.9 Å². The zero-order chi connectivity index (χ0) is 58.5. The molecule has 1 aliphatic carbocycles. The van der Waals surface area contributed by atoms with Crippen LogP contribution in [-0.4, -0.2) is 191 Å². The van der Waals surface area contributed by atoms with Crippen LogP contribution in [0.2, 0.25) is 0 Å². The summed E-state index contributed by atoms with van der Waals surface area (Å²) in [5.41, 5.74) is 0.980. The lowest BCUT2D eigenvalue weighted by Crippen LogP contribution is -2.61. The molecule has 4 aliphatic heterocycles. The summed E-state index contributed by atoms with van der Waals surface area (Å²) in [6.07, 6.45) is -1.79. The van der Waals surface area contributed by atoms with Gasteiger partial charge in [0.1, 0.15) is 42.3 Å². The lowest BCUT2D eigenvalue weighted by Gasteiger charge is -2.42. The van der Waals surface area contributed by atoms with Crippen molar-refractivity contribution in [3.63, 3.8) is 0 Å². The second-order valence-electron chi connectivity index (χ2n) is 22.7. The number of hydrogen-bond acceptors (Lipinski definition) is 20. The van der Waals surface area contributed by atoms with E-state index in [0.29, 0.717) is 57.8 Å². The molecule has 0 radical (unpaired) electrons. The fraction of sp³-hybridized carbons (Fsp3) is 0.759. The predicted molar refractivity (Wildman–Crippen MR) is 284 cm³/mol. The number of carbonyl (C=O) groups excluding carboxylic acids is 6. The van der Waals surface area contributed by atoms with Crippen LogP contribution in [0.15, 0.2) is 47.6 Å². The van der Waals surface area contributed by atoms with Gasteiger partial charge < -0.3 is 73.4 Å². The van der Waals surface area contributed by atoms with Gasteiger partial charge in [-0.3, -0.25) is 19.2 Å². The van der Waals surface area contributed by atoms with E-state index in [1.54, 1.807) is 20.8 Å². The molecule has 79 heavy (non-hydrogen) atoms. The molecule has 2 unspecified atom stereocenters. The molecular formula is C58H89NO20. The van der Waals surface area contributed by atoms with Crippen LogP contribution >= 0.6 is 0 Å². The lowest BCUT2D eigenvalue weighted by molar-refractivity contribution is -0.289. The van der Waals surface area contributed by atoms with E-state index in [1.165, 1.54) is 34.3 Å². The molecule has 0 spiro atoms. The highest BCUT2D eigenvalue weighted by atomic mass is 16.8. The fourth-order valence-corrected chi connectivity index (χ4v) is 11.6. The van der Waals surface area contributed by atoms with Crippen LogP contribution < -0.4 is 0 Å². The van der Waals surface area contributed by atoms with Crippen molar-refractivity contribution in [2.45, 2.75) is 211 Å². The molecule has 4 fully saturated rings. The minimum Gasteiger partial charge on any atom is -0.460 e. The first-order valence-electron chi connectivity index (χ1n) is 28.1. The Kier molecular flexibility index (Phi) is 25.0. The molecule has 0 aromatic rings. The molecule has 4 heterocycles. The maximum Gasteiger partial charge on any atom is 0.511 e. The summed E-state index contributed by atoms with van der Waals surface area (Å²) in [5.74, 6) is -9.58. The summed E-state index contributed by atoms with van der Waals surface area (Å²) in [6.45, 7) is 11.3. The molecule has 20 atom stereocenters. The maximum atomic E-state index is 14.6. The number of Topliss-reactive ketones (excluding diaryl/α,β-unsaturated/α-hetero) is 3. The van der Waals surface area contributed by atoms with Crippen LogP contribution in [0.4, 0.5) is 4.79 Å². The Labute approximate surface area is 464 Å². The number of aliphatic hydroxyl groups excluding tert-OH is 5. The van der Waals surface area contributed by atoms with E-state index in [9.17, 15) is 59.4 Å². The summed E-state index contributed by atoms with van der Waals surface area (Å²) in [6, 6.07) is -1.24. The number of methoxy groups -OCH3 is 3.